The second-order valence-corrected chi connectivity index (χ2v) is 0.542. The molecule has 4 N–H and O–H groups in total. The van der Waals surface area contributed by atoms with Crippen molar-refractivity contribution in [3.05, 3.63) is 12.7 Å². The molecule has 0 radical (unpaired) electrons. The third kappa shape index (κ3) is 25.9. The van der Waals surface area contributed by atoms with Crippen LogP contribution in [0.25, 0.3) is 0 Å². The SMILES string of the molecule is C=CC(=O)O.N.[Zn]. The molecule has 0 heterocycles. The van der Waals surface area contributed by atoms with Gasteiger partial charge in [0.05, 0.1) is 0 Å². The second-order valence-electron chi connectivity index (χ2n) is 0.542. The topological polar surface area (TPSA) is 72.3 Å². The Morgan fingerprint density at radius 3 is 1.86 bits per heavy atom. The van der Waals surface area contributed by atoms with Crippen molar-refractivity contribution in [2.75, 3.05) is 0 Å². The summed E-state index contributed by atoms with van der Waals surface area (Å²) in [5.74, 6) is -0.981. The maximum absolute atomic E-state index is 9.25. The average molecular weight is 154 g/mol. The Kier molecular flexibility index (Phi) is 20.9. The first-order chi connectivity index (χ1) is 2.27. The summed E-state index contributed by atoms with van der Waals surface area (Å²) in [6.07, 6.45) is 0.833. The Hall–Kier alpha value is -0.207. The summed E-state index contributed by atoms with van der Waals surface area (Å²) in [6.45, 7) is 2.96. The van der Waals surface area contributed by atoms with Gasteiger partial charge in [-0.3, -0.25) is 0 Å². The van der Waals surface area contributed by atoms with Crippen LogP contribution in [0.4, 0.5) is 0 Å². The summed E-state index contributed by atoms with van der Waals surface area (Å²) in [5.41, 5.74) is 0. The van der Waals surface area contributed by atoms with E-state index in [-0.39, 0.29) is 25.6 Å². The fourth-order valence-electron chi connectivity index (χ4n) is 0. The van der Waals surface area contributed by atoms with Gasteiger partial charge in [-0.1, -0.05) is 6.58 Å². The maximum atomic E-state index is 9.25. The molecule has 38 valence electrons. The minimum Gasteiger partial charge on any atom is -0.478 e. The number of aliphatic carboxylic acids is 1. The van der Waals surface area contributed by atoms with E-state index in [1.165, 1.54) is 0 Å². The first kappa shape index (κ1) is 15.8. The number of carboxylic acids is 1. The Bertz CT molecular complexity index is 64.0. The summed E-state index contributed by atoms with van der Waals surface area (Å²) in [6, 6.07) is 0. The zero-order valence-corrected chi connectivity index (χ0v) is 7.02. The van der Waals surface area contributed by atoms with Gasteiger partial charge in [0.1, 0.15) is 0 Å². The number of carboxylic acid groups (broad SMARTS) is 1. The standard InChI is InChI=1S/C3H4O2.H3N.Zn/c1-2-3(4)5;;/h2H,1H2,(H,4,5);1H3;. The summed E-state index contributed by atoms with van der Waals surface area (Å²) < 4.78 is 0. The molecule has 4 heteroatoms. The van der Waals surface area contributed by atoms with Crippen LogP contribution in [0.2, 0.25) is 0 Å². The molecule has 0 rings (SSSR count). The number of hydrogen-bond donors (Lipinski definition) is 2. The van der Waals surface area contributed by atoms with Crippen LogP contribution in [0.5, 0.6) is 0 Å². The fourth-order valence-corrected chi connectivity index (χ4v) is 0. The van der Waals surface area contributed by atoms with Gasteiger partial charge in [-0.15, -0.1) is 0 Å². The van der Waals surface area contributed by atoms with Crippen LogP contribution in [-0.2, 0) is 24.3 Å². The molecule has 0 saturated heterocycles. The van der Waals surface area contributed by atoms with E-state index in [1.54, 1.807) is 0 Å². The Labute approximate surface area is 54.8 Å². The molecule has 0 aliphatic rings. The van der Waals surface area contributed by atoms with Crippen molar-refractivity contribution in [3.8, 4) is 0 Å². The monoisotopic (exact) mass is 153 g/mol. The van der Waals surface area contributed by atoms with Crippen LogP contribution >= 0.6 is 0 Å². The van der Waals surface area contributed by atoms with E-state index >= 15 is 0 Å². The molecule has 0 bridgehead atoms. The van der Waals surface area contributed by atoms with Gasteiger partial charge in [0, 0.05) is 25.6 Å². The maximum Gasteiger partial charge on any atom is 0.327 e. The van der Waals surface area contributed by atoms with Crippen LogP contribution in [0.1, 0.15) is 0 Å². The zero-order valence-electron chi connectivity index (χ0n) is 4.05. The molecule has 3 nitrogen and oxygen atoms in total. The molecule has 0 aliphatic heterocycles. The summed E-state index contributed by atoms with van der Waals surface area (Å²) in [4.78, 5) is 9.25. The Balaban J connectivity index is -0.0000000800. The van der Waals surface area contributed by atoms with Crippen molar-refractivity contribution in [3.63, 3.8) is 0 Å². The molecule has 0 aliphatic carbocycles. The molecule has 0 fully saturated rings. The molecule has 7 heavy (non-hydrogen) atoms. The Morgan fingerprint density at radius 1 is 1.71 bits per heavy atom. The number of hydrogen-bond acceptors (Lipinski definition) is 2. The van der Waals surface area contributed by atoms with Crippen LogP contribution < -0.4 is 6.15 Å². The molecule has 0 spiro atoms. The van der Waals surface area contributed by atoms with E-state index < -0.39 is 5.97 Å². The third-order valence-corrected chi connectivity index (χ3v) is 0.175. The van der Waals surface area contributed by atoms with Crippen molar-refractivity contribution in [1.82, 2.24) is 6.15 Å². The van der Waals surface area contributed by atoms with Gasteiger partial charge in [-0.05, 0) is 0 Å². The molecule has 0 saturated carbocycles. The van der Waals surface area contributed by atoms with E-state index in [4.69, 9.17) is 5.11 Å². The van der Waals surface area contributed by atoms with Crippen molar-refractivity contribution in [1.29, 1.82) is 0 Å². The van der Waals surface area contributed by atoms with Gasteiger partial charge < -0.3 is 11.3 Å². The minimum atomic E-state index is -0.981. The van der Waals surface area contributed by atoms with Crippen molar-refractivity contribution in [2.24, 2.45) is 0 Å². The molecule has 0 amide bonds. The summed E-state index contributed by atoms with van der Waals surface area (Å²) >= 11 is 0. The molecule has 0 aromatic carbocycles. The van der Waals surface area contributed by atoms with Crippen LogP contribution in [0.3, 0.4) is 0 Å². The average Bonchev–Trinajstić information content (AvgIpc) is 1.38. The van der Waals surface area contributed by atoms with Gasteiger partial charge in [0.2, 0.25) is 0 Å². The Morgan fingerprint density at radius 2 is 1.86 bits per heavy atom. The molecule has 0 aromatic rings. The molecular formula is C3H7NO2Zn. The van der Waals surface area contributed by atoms with Crippen LogP contribution in [-0.4, -0.2) is 11.1 Å². The fraction of sp³-hybridized carbons (Fsp3) is 0. The largest absolute Gasteiger partial charge is 0.478 e. The van der Waals surface area contributed by atoms with Crippen LogP contribution in [0, 0.1) is 0 Å². The smallest absolute Gasteiger partial charge is 0.327 e. The van der Waals surface area contributed by atoms with E-state index in [9.17, 15) is 4.79 Å². The van der Waals surface area contributed by atoms with Crippen molar-refractivity contribution in [2.45, 2.75) is 0 Å². The number of carbonyl (C=O) groups is 1. The van der Waals surface area contributed by atoms with Gasteiger partial charge in [-0.25, -0.2) is 4.79 Å². The quantitative estimate of drug-likeness (QED) is 0.425. The minimum absolute atomic E-state index is 0. The van der Waals surface area contributed by atoms with E-state index in [0.717, 1.165) is 6.08 Å². The van der Waals surface area contributed by atoms with Crippen molar-refractivity contribution < 1.29 is 29.4 Å². The molecular weight excluding hydrogens is 147 g/mol. The second kappa shape index (κ2) is 9.25. The van der Waals surface area contributed by atoms with Crippen LogP contribution in [0.15, 0.2) is 12.7 Å². The van der Waals surface area contributed by atoms with E-state index in [2.05, 4.69) is 6.58 Å². The van der Waals surface area contributed by atoms with Gasteiger partial charge >= 0.3 is 5.97 Å². The van der Waals surface area contributed by atoms with Gasteiger partial charge in [-0.2, -0.15) is 0 Å². The van der Waals surface area contributed by atoms with E-state index in [0.29, 0.717) is 0 Å². The summed E-state index contributed by atoms with van der Waals surface area (Å²) in [5, 5.41) is 7.60. The summed E-state index contributed by atoms with van der Waals surface area (Å²) in [7, 11) is 0. The predicted octanol–water partition coefficient (Wildman–Crippen LogP) is 0.416. The van der Waals surface area contributed by atoms with E-state index in [1.807, 2.05) is 0 Å². The molecule has 0 atom stereocenters. The zero-order chi connectivity index (χ0) is 4.28. The first-order valence-corrected chi connectivity index (χ1v) is 1.12. The predicted molar refractivity (Wildman–Crippen MR) is 22.9 cm³/mol. The van der Waals surface area contributed by atoms with Crippen molar-refractivity contribution >= 4 is 5.97 Å². The van der Waals surface area contributed by atoms with Gasteiger partial charge in [0.25, 0.3) is 0 Å². The number of rotatable bonds is 1. The molecule has 0 aromatic heterocycles. The third-order valence-electron chi connectivity index (χ3n) is 0.175. The first-order valence-electron chi connectivity index (χ1n) is 1.12. The normalized spacial score (nSPS) is 4.57. The van der Waals surface area contributed by atoms with Gasteiger partial charge in [0.15, 0.2) is 0 Å². The molecule has 0 unspecified atom stereocenters.